The van der Waals surface area contributed by atoms with Crippen LogP contribution in [0.4, 0.5) is 11.4 Å². The van der Waals surface area contributed by atoms with Crippen molar-refractivity contribution >= 4 is 40.5 Å². The van der Waals surface area contributed by atoms with E-state index in [1.54, 1.807) is 18.2 Å². The van der Waals surface area contributed by atoms with Crippen LogP contribution in [0.25, 0.3) is 0 Å². The number of nitro groups is 1. The molecule has 1 aromatic heterocycles. The summed E-state index contributed by atoms with van der Waals surface area (Å²) in [6.45, 7) is 0.123. The number of nitrogens with one attached hydrogen (secondary N) is 1. The summed E-state index contributed by atoms with van der Waals surface area (Å²) >= 11 is 12.0. The van der Waals surface area contributed by atoms with Crippen molar-refractivity contribution in [3.05, 3.63) is 61.9 Å². The number of hydrogen-bond acceptors (Lipinski definition) is 6. The molecule has 23 heavy (non-hydrogen) atoms. The summed E-state index contributed by atoms with van der Waals surface area (Å²) < 4.78 is 4.58. The van der Waals surface area contributed by atoms with Gasteiger partial charge < -0.3 is 10.1 Å². The number of hydrogen-bond donors (Lipinski definition) is 1. The van der Waals surface area contributed by atoms with E-state index in [0.29, 0.717) is 11.3 Å². The second-order valence-electron chi connectivity index (χ2n) is 4.39. The molecule has 120 valence electrons. The maximum atomic E-state index is 11.6. The molecule has 0 aliphatic carbocycles. The quantitative estimate of drug-likeness (QED) is 0.380. The molecule has 0 aliphatic rings. The Morgan fingerprint density at radius 2 is 2.09 bits per heavy atom. The molecule has 0 spiro atoms. The summed E-state index contributed by atoms with van der Waals surface area (Å²) in [4.78, 5) is 25.9. The molecule has 2 rings (SSSR count). The maximum Gasteiger partial charge on any atom is 0.358 e. The highest BCUT2D eigenvalue weighted by atomic mass is 35.5. The van der Waals surface area contributed by atoms with E-state index in [2.05, 4.69) is 15.0 Å². The van der Waals surface area contributed by atoms with Crippen molar-refractivity contribution in [1.29, 1.82) is 0 Å². The number of benzene rings is 1. The third-order valence-corrected chi connectivity index (χ3v) is 3.54. The van der Waals surface area contributed by atoms with Gasteiger partial charge in [0.25, 0.3) is 5.69 Å². The lowest BCUT2D eigenvalue weighted by Gasteiger charge is -2.11. The average molecular weight is 356 g/mol. The average Bonchev–Trinajstić information content (AvgIpc) is 2.54. The Labute approximate surface area is 141 Å². The van der Waals surface area contributed by atoms with Gasteiger partial charge in [-0.05, 0) is 0 Å². The third-order valence-electron chi connectivity index (χ3n) is 2.96. The molecule has 0 atom stereocenters. The van der Waals surface area contributed by atoms with Crippen LogP contribution in [0, 0.1) is 10.1 Å². The first-order valence-electron chi connectivity index (χ1n) is 6.34. The van der Waals surface area contributed by atoms with E-state index in [-0.39, 0.29) is 28.1 Å². The molecule has 0 amide bonds. The molecule has 1 aromatic carbocycles. The lowest BCUT2D eigenvalue weighted by atomic mass is 10.2. The fourth-order valence-electron chi connectivity index (χ4n) is 1.89. The van der Waals surface area contributed by atoms with Gasteiger partial charge in [0.1, 0.15) is 5.15 Å². The fraction of sp³-hybridized carbons (Fsp3) is 0.143. The number of esters is 1. The topological polar surface area (TPSA) is 94.4 Å². The first-order valence-corrected chi connectivity index (χ1v) is 7.10. The molecule has 7 nitrogen and oxygen atoms in total. The number of carbonyl (C=O) groups is 1. The zero-order valence-corrected chi connectivity index (χ0v) is 13.4. The molecule has 2 aromatic rings. The Hall–Kier alpha value is -2.38. The highest BCUT2D eigenvalue weighted by molar-refractivity contribution is 6.37. The van der Waals surface area contributed by atoms with Crippen LogP contribution in [0.1, 0.15) is 16.1 Å². The number of para-hydroxylation sites is 1. The van der Waals surface area contributed by atoms with Crippen LogP contribution in [0.15, 0.2) is 30.3 Å². The van der Waals surface area contributed by atoms with Crippen molar-refractivity contribution in [2.24, 2.45) is 0 Å². The third kappa shape index (κ3) is 3.88. The number of nitrogens with zero attached hydrogens (tertiary/aromatic N) is 2. The van der Waals surface area contributed by atoms with Crippen molar-refractivity contribution in [1.82, 2.24) is 4.98 Å². The summed E-state index contributed by atoms with van der Waals surface area (Å²) in [6.07, 6.45) is 0. The van der Waals surface area contributed by atoms with Crippen LogP contribution in [0.3, 0.4) is 0 Å². The lowest BCUT2D eigenvalue weighted by molar-refractivity contribution is -0.385. The molecule has 9 heteroatoms. The van der Waals surface area contributed by atoms with Gasteiger partial charge in [0.05, 0.1) is 22.7 Å². The number of nitro benzene ring substituents is 1. The summed E-state index contributed by atoms with van der Waals surface area (Å²) in [7, 11) is 1.20. The normalized spacial score (nSPS) is 10.2. The molecule has 1 N–H and O–H groups in total. The molecular weight excluding hydrogens is 345 g/mol. The number of methoxy groups -OCH3 is 1. The van der Waals surface area contributed by atoms with E-state index in [4.69, 9.17) is 23.2 Å². The zero-order valence-electron chi connectivity index (χ0n) is 11.9. The van der Waals surface area contributed by atoms with Gasteiger partial charge >= 0.3 is 5.97 Å². The number of aromatic nitrogens is 1. The number of anilines is 1. The van der Waals surface area contributed by atoms with Crippen molar-refractivity contribution in [3.63, 3.8) is 0 Å². The number of pyridine rings is 1. The molecule has 0 saturated heterocycles. The monoisotopic (exact) mass is 355 g/mol. The van der Waals surface area contributed by atoms with E-state index in [1.165, 1.54) is 19.2 Å². The molecule has 0 saturated carbocycles. The Morgan fingerprint density at radius 3 is 2.74 bits per heavy atom. The van der Waals surface area contributed by atoms with Crippen LogP contribution < -0.4 is 5.32 Å². The highest BCUT2D eigenvalue weighted by Gasteiger charge is 2.18. The summed E-state index contributed by atoms with van der Waals surface area (Å²) in [6, 6.07) is 7.70. The van der Waals surface area contributed by atoms with Crippen LogP contribution in [-0.2, 0) is 11.3 Å². The largest absolute Gasteiger partial charge is 0.464 e. The second kappa shape index (κ2) is 7.26. The maximum absolute atomic E-state index is 11.6. The van der Waals surface area contributed by atoms with Crippen LogP contribution in [0.5, 0.6) is 0 Å². The van der Waals surface area contributed by atoms with Crippen molar-refractivity contribution in [3.8, 4) is 0 Å². The number of halogens is 2. The van der Waals surface area contributed by atoms with E-state index in [1.807, 2.05) is 0 Å². The molecule has 0 fully saturated rings. The molecular formula is C14H11Cl2N3O4. The van der Waals surface area contributed by atoms with Crippen molar-refractivity contribution in [2.75, 3.05) is 12.4 Å². The minimum Gasteiger partial charge on any atom is -0.464 e. The minimum absolute atomic E-state index is 0.0236. The lowest BCUT2D eigenvalue weighted by Crippen LogP contribution is -2.09. The van der Waals surface area contributed by atoms with E-state index < -0.39 is 10.9 Å². The Kier molecular flexibility index (Phi) is 5.36. The number of carbonyl (C=O) groups excluding carboxylic acids is 1. The van der Waals surface area contributed by atoms with Crippen molar-refractivity contribution in [2.45, 2.75) is 6.54 Å². The van der Waals surface area contributed by atoms with Crippen LogP contribution >= 0.6 is 23.2 Å². The van der Waals surface area contributed by atoms with Gasteiger partial charge in [0.15, 0.2) is 5.69 Å². The van der Waals surface area contributed by atoms with Gasteiger partial charge in [-0.15, -0.1) is 0 Å². The van der Waals surface area contributed by atoms with Crippen LogP contribution in [-0.4, -0.2) is 23.0 Å². The molecule has 0 unspecified atom stereocenters. The summed E-state index contributed by atoms with van der Waals surface area (Å²) in [5.41, 5.74) is 0.627. The molecule has 1 heterocycles. The van der Waals surface area contributed by atoms with E-state index in [9.17, 15) is 14.9 Å². The van der Waals surface area contributed by atoms with E-state index >= 15 is 0 Å². The zero-order chi connectivity index (χ0) is 17.0. The minimum atomic E-state index is -0.730. The van der Waals surface area contributed by atoms with Crippen LogP contribution in [0.2, 0.25) is 10.2 Å². The smallest absolute Gasteiger partial charge is 0.358 e. The van der Waals surface area contributed by atoms with E-state index in [0.717, 1.165) is 0 Å². The first-order chi connectivity index (χ1) is 10.9. The molecule has 0 aliphatic heterocycles. The van der Waals surface area contributed by atoms with Crippen molar-refractivity contribution < 1.29 is 14.5 Å². The Morgan fingerprint density at radius 1 is 1.39 bits per heavy atom. The predicted molar refractivity (Wildman–Crippen MR) is 86.0 cm³/mol. The highest BCUT2D eigenvalue weighted by Crippen LogP contribution is 2.29. The van der Waals surface area contributed by atoms with Gasteiger partial charge in [0.2, 0.25) is 0 Å². The Balaban J connectivity index is 2.30. The Bertz CT molecular complexity index is 768. The predicted octanol–water partition coefficient (Wildman–Crippen LogP) is 3.70. The standard InChI is InChI=1S/C14H11Cl2N3O4/c1-23-14(20)13-12(16)9(6-11(15)18-13)17-7-8-4-2-3-5-10(8)19(21)22/h2-6H,7H2,1H3,(H,17,18). The van der Waals surface area contributed by atoms with Gasteiger partial charge in [-0.3, -0.25) is 10.1 Å². The fourth-order valence-corrected chi connectivity index (χ4v) is 2.32. The first kappa shape index (κ1) is 17.0. The molecule has 0 bridgehead atoms. The summed E-state index contributed by atoms with van der Waals surface area (Å²) in [5, 5.41) is 14.0. The number of ether oxygens (including phenoxy) is 1. The SMILES string of the molecule is COC(=O)c1nc(Cl)cc(NCc2ccccc2[N+](=O)[O-])c1Cl. The van der Waals surface area contributed by atoms with Gasteiger partial charge in [-0.25, -0.2) is 9.78 Å². The molecule has 0 radical (unpaired) electrons. The second-order valence-corrected chi connectivity index (χ2v) is 5.15. The summed E-state index contributed by atoms with van der Waals surface area (Å²) in [5.74, 6) is -0.730. The number of rotatable bonds is 5. The van der Waals surface area contributed by atoms with Gasteiger partial charge in [-0.1, -0.05) is 41.4 Å². The van der Waals surface area contributed by atoms with Gasteiger partial charge in [-0.2, -0.15) is 0 Å². The van der Waals surface area contributed by atoms with Gasteiger partial charge in [0, 0.05) is 24.2 Å².